The molecule has 108 valence electrons. The number of nitrogens with zero attached hydrogens (tertiary/aromatic N) is 2. The first kappa shape index (κ1) is 14.6. The van der Waals surface area contributed by atoms with Gasteiger partial charge in [0.15, 0.2) is 0 Å². The van der Waals surface area contributed by atoms with Crippen molar-refractivity contribution in [3.63, 3.8) is 0 Å². The first-order valence-corrected chi connectivity index (χ1v) is 6.82. The SMILES string of the molecule is CCN(CC(F)(F)F)c1snc(N)c1-c1ccccc1. The third kappa shape index (κ3) is 3.22. The maximum Gasteiger partial charge on any atom is 0.405 e. The number of nitrogens with two attached hydrogens (primary N) is 1. The van der Waals surface area contributed by atoms with Crippen molar-refractivity contribution in [3.8, 4) is 11.1 Å². The van der Waals surface area contributed by atoms with Gasteiger partial charge in [-0.25, -0.2) is 0 Å². The Morgan fingerprint density at radius 2 is 1.90 bits per heavy atom. The molecule has 2 rings (SSSR count). The predicted octanol–water partition coefficient (Wildman–Crippen LogP) is 3.78. The standard InChI is InChI=1S/C13H14F3N3S/c1-2-19(8-13(14,15)16)12-10(11(17)18-20-12)9-6-4-3-5-7-9/h3-7H,2,8H2,1H3,(H2,17,18). The van der Waals surface area contributed by atoms with Crippen LogP contribution in [0.3, 0.4) is 0 Å². The Bertz CT molecular complexity index is 566. The highest BCUT2D eigenvalue weighted by atomic mass is 32.1. The van der Waals surface area contributed by atoms with Crippen molar-refractivity contribution in [3.05, 3.63) is 30.3 Å². The number of aromatic nitrogens is 1. The lowest BCUT2D eigenvalue weighted by Gasteiger charge is -2.23. The fraction of sp³-hybridized carbons (Fsp3) is 0.308. The van der Waals surface area contributed by atoms with E-state index in [1.165, 1.54) is 4.90 Å². The molecule has 0 amide bonds. The molecule has 20 heavy (non-hydrogen) atoms. The molecule has 0 radical (unpaired) electrons. The largest absolute Gasteiger partial charge is 0.405 e. The topological polar surface area (TPSA) is 42.2 Å². The van der Waals surface area contributed by atoms with E-state index in [2.05, 4.69) is 4.37 Å². The zero-order chi connectivity index (χ0) is 14.8. The van der Waals surface area contributed by atoms with Crippen molar-refractivity contribution in [1.82, 2.24) is 4.37 Å². The number of alkyl halides is 3. The number of hydrogen-bond acceptors (Lipinski definition) is 4. The molecule has 3 nitrogen and oxygen atoms in total. The molecule has 7 heteroatoms. The third-order valence-electron chi connectivity index (χ3n) is 2.80. The Morgan fingerprint density at radius 1 is 1.25 bits per heavy atom. The van der Waals surface area contributed by atoms with Crippen molar-refractivity contribution in [1.29, 1.82) is 0 Å². The van der Waals surface area contributed by atoms with Crippen LogP contribution in [-0.2, 0) is 0 Å². The minimum atomic E-state index is -4.26. The van der Waals surface area contributed by atoms with Gasteiger partial charge in [0.25, 0.3) is 0 Å². The Kier molecular flexibility index (Phi) is 4.17. The average Bonchev–Trinajstić information content (AvgIpc) is 2.78. The highest BCUT2D eigenvalue weighted by Crippen LogP contribution is 2.40. The summed E-state index contributed by atoms with van der Waals surface area (Å²) in [6.07, 6.45) is -4.26. The lowest BCUT2D eigenvalue weighted by Crippen LogP contribution is -2.33. The molecule has 0 saturated carbocycles. The van der Waals surface area contributed by atoms with E-state index in [0.717, 1.165) is 17.1 Å². The molecule has 0 atom stereocenters. The van der Waals surface area contributed by atoms with E-state index in [1.54, 1.807) is 6.92 Å². The van der Waals surface area contributed by atoms with Crippen LogP contribution < -0.4 is 10.6 Å². The van der Waals surface area contributed by atoms with Crippen LogP contribution in [0.25, 0.3) is 11.1 Å². The summed E-state index contributed by atoms with van der Waals surface area (Å²) in [5, 5.41) is 0.452. The van der Waals surface area contributed by atoms with E-state index >= 15 is 0 Å². The molecular formula is C13H14F3N3S. The Labute approximate surface area is 119 Å². The van der Waals surface area contributed by atoms with Crippen molar-refractivity contribution in [2.24, 2.45) is 0 Å². The minimum Gasteiger partial charge on any atom is -0.382 e. The number of nitrogen functional groups attached to an aromatic ring is 1. The molecule has 2 N–H and O–H groups in total. The molecule has 0 aliphatic rings. The first-order chi connectivity index (χ1) is 9.42. The van der Waals surface area contributed by atoms with Crippen LogP contribution in [0.4, 0.5) is 24.0 Å². The van der Waals surface area contributed by atoms with Crippen LogP contribution in [0.15, 0.2) is 30.3 Å². The Balaban J connectivity index is 2.42. The van der Waals surface area contributed by atoms with Crippen LogP contribution in [-0.4, -0.2) is 23.6 Å². The van der Waals surface area contributed by atoms with Crippen molar-refractivity contribution >= 4 is 22.4 Å². The predicted molar refractivity (Wildman–Crippen MR) is 75.9 cm³/mol. The summed E-state index contributed by atoms with van der Waals surface area (Å²) in [5.74, 6) is 0.261. The molecule has 0 aliphatic heterocycles. The molecule has 0 fully saturated rings. The van der Waals surface area contributed by atoms with Gasteiger partial charge in [-0.2, -0.15) is 17.5 Å². The summed E-state index contributed by atoms with van der Waals surface area (Å²) in [6.45, 7) is 0.905. The minimum absolute atomic E-state index is 0.237. The number of halogens is 3. The molecular weight excluding hydrogens is 287 g/mol. The van der Waals surface area contributed by atoms with E-state index < -0.39 is 12.7 Å². The molecule has 0 saturated heterocycles. The third-order valence-corrected chi connectivity index (χ3v) is 3.73. The van der Waals surface area contributed by atoms with Gasteiger partial charge >= 0.3 is 6.18 Å². The van der Waals surface area contributed by atoms with Crippen LogP contribution in [0, 0.1) is 0 Å². The van der Waals surface area contributed by atoms with Gasteiger partial charge < -0.3 is 10.6 Å². The fourth-order valence-corrected chi connectivity index (χ4v) is 2.83. The Hall–Kier alpha value is -1.76. The van der Waals surface area contributed by atoms with Crippen LogP contribution >= 0.6 is 11.5 Å². The zero-order valence-electron chi connectivity index (χ0n) is 10.8. The highest BCUT2D eigenvalue weighted by Gasteiger charge is 2.32. The first-order valence-electron chi connectivity index (χ1n) is 6.04. The van der Waals surface area contributed by atoms with E-state index in [4.69, 9.17) is 5.73 Å². The second-order valence-corrected chi connectivity index (χ2v) is 5.00. The van der Waals surface area contributed by atoms with Gasteiger partial charge in [-0.3, -0.25) is 0 Å². The van der Waals surface area contributed by atoms with Gasteiger partial charge in [0.05, 0.1) is 5.56 Å². The lowest BCUT2D eigenvalue weighted by atomic mass is 10.1. The maximum absolute atomic E-state index is 12.6. The van der Waals surface area contributed by atoms with Crippen molar-refractivity contribution in [2.75, 3.05) is 23.7 Å². The van der Waals surface area contributed by atoms with Gasteiger partial charge in [0, 0.05) is 6.54 Å². The van der Waals surface area contributed by atoms with Gasteiger partial charge in [-0.1, -0.05) is 30.3 Å². The number of hydrogen-bond donors (Lipinski definition) is 1. The molecule has 0 unspecified atom stereocenters. The molecule has 2 aromatic rings. The van der Waals surface area contributed by atoms with Gasteiger partial charge in [-0.15, -0.1) is 0 Å². The molecule has 1 aromatic carbocycles. The van der Waals surface area contributed by atoms with Crippen LogP contribution in [0.1, 0.15) is 6.92 Å². The summed E-state index contributed by atoms with van der Waals surface area (Å²) < 4.78 is 41.9. The van der Waals surface area contributed by atoms with E-state index in [9.17, 15) is 13.2 Å². The summed E-state index contributed by atoms with van der Waals surface area (Å²) in [7, 11) is 0. The summed E-state index contributed by atoms with van der Waals surface area (Å²) in [6, 6.07) is 9.09. The smallest absolute Gasteiger partial charge is 0.382 e. The number of benzene rings is 1. The second kappa shape index (κ2) is 5.70. The zero-order valence-corrected chi connectivity index (χ0v) is 11.6. The molecule has 0 spiro atoms. The second-order valence-electron chi connectivity index (χ2n) is 4.24. The van der Waals surface area contributed by atoms with Gasteiger partial charge in [0.1, 0.15) is 17.4 Å². The van der Waals surface area contributed by atoms with Crippen molar-refractivity contribution < 1.29 is 13.2 Å². The monoisotopic (exact) mass is 301 g/mol. The highest BCUT2D eigenvalue weighted by molar-refractivity contribution is 7.11. The summed E-state index contributed by atoms with van der Waals surface area (Å²) in [4.78, 5) is 1.25. The van der Waals surface area contributed by atoms with Gasteiger partial charge in [-0.05, 0) is 24.0 Å². The van der Waals surface area contributed by atoms with E-state index in [1.807, 2.05) is 30.3 Å². The molecule has 1 aromatic heterocycles. The summed E-state index contributed by atoms with van der Waals surface area (Å²) in [5.41, 5.74) is 7.16. The molecule has 0 bridgehead atoms. The fourth-order valence-electron chi connectivity index (χ4n) is 1.93. The average molecular weight is 301 g/mol. The maximum atomic E-state index is 12.6. The van der Waals surface area contributed by atoms with Crippen molar-refractivity contribution in [2.45, 2.75) is 13.1 Å². The van der Waals surface area contributed by atoms with E-state index in [-0.39, 0.29) is 12.4 Å². The van der Waals surface area contributed by atoms with Crippen LogP contribution in [0.2, 0.25) is 0 Å². The van der Waals surface area contributed by atoms with Crippen LogP contribution in [0.5, 0.6) is 0 Å². The lowest BCUT2D eigenvalue weighted by molar-refractivity contribution is -0.119. The number of rotatable bonds is 4. The molecule has 0 aliphatic carbocycles. The Morgan fingerprint density at radius 3 is 2.45 bits per heavy atom. The summed E-state index contributed by atoms with van der Waals surface area (Å²) >= 11 is 0.995. The van der Waals surface area contributed by atoms with E-state index in [0.29, 0.717) is 10.6 Å². The number of anilines is 2. The van der Waals surface area contributed by atoms with Gasteiger partial charge in [0.2, 0.25) is 0 Å². The quantitative estimate of drug-likeness (QED) is 0.934. The molecule has 1 heterocycles. The normalized spacial score (nSPS) is 11.6.